The summed E-state index contributed by atoms with van der Waals surface area (Å²) in [5, 5.41) is 3.27. The Morgan fingerprint density at radius 2 is 1.86 bits per heavy atom. The van der Waals surface area contributed by atoms with Crippen LogP contribution in [0.4, 0.5) is 5.69 Å². The van der Waals surface area contributed by atoms with Crippen molar-refractivity contribution in [3.05, 3.63) is 65.7 Å². The lowest BCUT2D eigenvalue weighted by Crippen LogP contribution is -2.41. The second-order valence-corrected chi connectivity index (χ2v) is 5.86. The molecular formula is C19H22N2O. The van der Waals surface area contributed by atoms with Gasteiger partial charge in [0.05, 0.1) is 6.54 Å². The van der Waals surface area contributed by atoms with Gasteiger partial charge in [-0.15, -0.1) is 0 Å². The summed E-state index contributed by atoms with van der Waals surface area (Å²) in [7, 11) is 0. The molecule has 0 saturated heterocycles. The number of carbonyl (C=O) groups is 1. The summed E-state index contributed by atoms with van der Waals surface area (Å²) in [4.78, 5) is 14.4. The Bertz CT molecular complexity index is 639. The quantitative estimate of drug-likeness (QED) is 0.860. The first-order chi connectivity index (χ1) is 10.8. The maximum atomic E-state index is 12.5. The van der Waals surface area contributed by atoms with Gasteiger partial charge in [-0.2, -0.15) is 0 Å². The third kappa shape index (κ3) is 3.20. The molecular weight excluding hydrogens is 272 g/mol. The van der Waals surface area contributed by atoms with Crippen molar-refractivity contribution < 1.29 is 4.79 Å². The zero-order valence-electron chi connectivity index (χ0n) is 13.0. The highest BCUT2D eigenvalue weighted by Crippen LogP contribution is 2.31. The molecule has 1 N–H and O–H groups in total. The van der Waals surface area contributed by atoms with Crippen molar-refractivity contribution >= 4 is 11.6 Å². The third-order valence-corrected chi connectivity index (χ3v) is 4.19. The molecule has 1 amide bonds. The van der Waals surface area contributed by atoms with Crippen molar-refractivity contribution in [3.8, 4) is 0 Å². The molecule has 0 radical (unpaired) electrons. The van der Waals surface area contributed by atoms with Gasteiger partial charge in [-0.3, -0.25) is 4.79 Å². The smallest absolute Gasteiger partial charge is 0.241 e. The van der Waals surface area contributed by atoms with Crippen molar-refractivity contribution in [2.24, 2.45) is 0 Å². The first kappa shape index (κ1) is 14.8. The SMILES string of the molecule is CC1Cc2ccccc2N1C(=O)CNCCc1ccccc1. The highest BCUT2D eigenvalue weighted by atomic mass is 16.2. The first-order valence-electron chi connectivity index (χ1n) is 7.90. The van der Waals surface area contributed by atoms with Crippen LogP contribution in [-0.4, -0.2) is 25.0 Å². The molecule has 1 heterocycles. The fraction of sp³-hybridized carbons (Fsp3) is 0.316. The summed E-state index contributed by atoms with van der Waals surface area (Å²) in [5.41, 5.74) is 3.64. The molecule has 0 saturated carbocycles. The monoisotopic (exact) mass is 294 g/mol. The molecule has 1 atom stereocenters. The number of amides is 1. The van der Waals surface area contributed by atoms with Crippen molar-refractivity contribution in [1.29, 1.82) is 0 Å². The lowest BCUT2D eigenvalue weighted by atomic mass is 10.1. The second kappa shape index (κ2) is 6.75. The van der Waals surface area contributed by atoms with Gasteiger partial charge in [0.1, 0.15) is 0 Å². The zero-order chi connectivity index (χ0) is 15.4. The van der Waals surface area contributed by atoms with Gasteiger partial charge in [0, 0.05) is 11.7 Å². The van der Waals surface area contributed by atoms with Gasteiger partial charge in [-0.25, -0.2) is 0 Å². The number of nitrogens with one attached hydrogen (secondary N) is 1. The van der Waals surface area contributed by atoms with Gasteiger partial charge < -0.3 is 10.2 Å². The van der Waals surface area contributed by atoms with E-state index < -0.39 is 0 Å². The Morgan fingerprint density at radius 3 is 2.68 bits per heavy atom. The average Bonchev–Trinajstić information content (AvgIpc) is 2.88. The summed E-state index contributed by atoms with van der Waals surface area (Å²) in [6, 6.07) is 18.8. The number of rotatable bonds is 5. The number of para-hydroxylation sites is 1. The summed E-state index contributed by atoms with van der Waals surface area (Å²) in [5.74, 6) is 0.158. The predicted molar refractivity (Wildman–Crippen MR) is 90.1 cm³/mol. The van der Waals surface area contributed by atoms with Crippen molar-refractivity contribution in [3.63, 3.8) is 0 Å². The molecule has 0 bridgehead atoms. The first-order valence-corrected chi connectivity index (χ1v) is 7.90. The molecule has 0 fully saturated rings. The Hall–Kier alpha value is -2.13. The van der Waals surface area contributed by atoms with Crippen LogP contribution in [0, 0.1) is 0 Å². The molecule has 1 aliphatic heterocycles. The third-order valence-electron chi connectivity index (χ3n) is 4.19. The number of nitrogens with zero attached hydrogens (tertiary/aromatic N) is 1. The minimum atomic E-state index is 0.158. The molecule has 3 nitrogen and oxygen atoms in total. The van der Waals surface area contributed by atoms with Crippen molar-refractivity contribution in [2.45, 2.75) is 25.8 Å². The molecule has 2 aromatic rings. The van der Waals surface area contributed by atoms with Crippen LogP contribution in [0.5, 0.6) is 0 Å². The van der Waals surface area contributed by atoms with Crippen molar-refractivity contribution in [1.82, 2.24) is 5.32 Å². The number of hydrogen-bond donors (Lipinski definition) is 1. The van der Waals surface area contributed by atoms with Gasteiger partial charge in [0.15, 0.2) is 0 Å². The van der Waals surface area contributed by atoms with E-state index in [1.807, 2.05) is 41.3 Å². The Balaban J connectivity index is 1.52. The molecule has 3 heteroatoms. The summed E-state index contributed by atoms with van der Waals surface area (Å²) >= 11 is 0. The fourth-order valence-electron chi connectivity index (χ4n) is 3.10. The molecule has 114 valence electrons. The van der Waals surface area contributed by atoms with E-state index in [9.17, 15) is 4.79 Å². The van der Waals surface area contributed by atoms with E-state index in [-0.39, 0.29) is 11.9 Å². The number of anilines is 1. The highest BCUT2D eigenvalue weighted by Gasteiger charge is 2.29. The average molecular weight is 294 g/mol. The predicted octanol–water partition coefficient (Wildman–Crippen LogP) is 2.80. The molecule has 3 rings (SSSR count). The summed E-state index contributed by atoms with van der Waals surface area (Å²) in [6.07, 6.45) is 1.90. The lowest BCUT2D eigenvalue weighted by Gasteiger charge is -2.23. The Morgan fingerprint density at radius 1 is 1.14 bits per heavy atom. The van der Waals surface area contributed by atoms with Crippen LogP contribution < -0.4 is 10.2 Å². The van der Waals surface area contributed by atoms with E-state index >= 15 is 0 Å². The van der Waals surface area contributed by atoms with Gasteiger partial charge >= 0.3 is 0 Å². The normalized spacial score (nSPS) is 16.6. The minimum Gasteiger partial charge on any atom is -0.308 e. The van der Waals surface area contributed by atoms with Crippen LogP contribution in [0.1, 0.15) is 18.1 Å². The minimum absolute atomic E-state index is 0.158. The van der Waals surface area contributed by atoms with Crippen molar-refractivity contribution in [2.75, 3.05) is 18.0 Å². The topological polar surface area (TPSA) is 32.3 Å². The van der Waals surface area contributed by atoms with Crippen LogP contribution in [0.3, 0.4) is 0 Å². The molecule has 0 aliphatic carbocycles. The number of fused-ring (bicyclic) bond motifs is 1. The summed E-state index contributed by atoms with van der Waals surface area (Å²) in [6.45, 7) is 3.33. The van der Waals surface area contributed by atoms with E-state index in [2.05, 4.69) is 30.4 Å². The van der Waals surface area contributed by atoms with Crippen LogP contribution in [0.25, 0.3) is 0 Å². The lowest BCUT2D eigenvalue weighted by molar-refractivity contribution is -0.118. The Kier molecular flexibility index (Phi) is 4.54. The van der Waals surface area contributed by atoms with Gasteiger partial charge in [-0.1, -0.05) is 48.5 Å². The number of benzene rings is 2. The second-order valence-electron chi connectivity index (χ2n) is 5.86. The fourth-order valence-corrected chi connectivity index (χ4v) is 3.10. The molecule has 1 aliphatic rings. The molecule has 1 unspecified atom stereocenters. The standard InChI is InChI=1S/C19H22N2O/c1-15-13-17-9-5-6-10-18(17)21(15)19(22)14-20-12-11-16-7-3-2-4-8-16/h2-10,15,20H,11-14H2,1H3. The van der Waals surface area contributed by atoms with Crippen LogP contribution in [0.15, 0.2) is 54.6 Å². The van der Waals surface area contributed by atoms with Crippen LogP contribution >= 0.6 is 0 Å². The maximum absolute atomic E-state index is 12.5. The maximum Gasteiger partial charge on any atom is 0.241 e. The highest BCUT2D eigenvalue weighted by molar-refractivity contribution is 5.97. The summed E-state index contributed by atoms with van der Waals surface area (Å²) < 4.78 is 0. The molecule has 2 aromatic carbocycles. The van der Waals surface area contributed by atoms with Crippen LogP contribution in [0.2, 0.25) is 0 Å². The van der Waals surface area contributed by atoms with Gasteiger partial charge in [0.2, 0.25) is 5.91 Å². The van der Waals surface area contributed by atoms with E-state index in [1.54, 1.807) is 0 Å². The van der Waals surface area contributed by atoms with Gasteiger partial charge in [0.25, 0.3) is 0 Å². The molecule has 22 heavy (non-hydrogen) atoms. The largest absolute Gasteiger partial charge is 0.308 e. The van der Waals surface area contributed by atoms with Gasteiger partial charge in [-0.05, 0) is 43.5 Å². The molecule has 0 aromatic heterocycles. The number of carbonyl (C=O) groups excluding carboxylic acids is 1. The van der Waals surface area contributed by atoms with E-state index in [0.717, 1.165) is 25.1 Å². The molecule has 0 spiro atoms. The Labute approximate surface area is 132 Å². The van der Waals surface area contributed by atoms with E-state index in [1.165, 1.54) is 11.1 Å². The van der Waals surface area contributed by atoms with E-state index in [4.69, 9.17) is 0 Å². The van der Waals surface area contributed by atoms with Crippen LogP contribution in [-0.2, 0) is 17.6 Å². The van der Waals surface area contributed by atoms with E-state index in [0.29, 0.717) is 6.54 Å². The number of hydrogen-bond acceptors (Lipinski definition) is 2. The zero-order valence-corrected chi connectivity index (χ0v) is 13.0.